The van der Waals surface area contributed by atoms with Gasteiger partial charge in [0.1, 0.15) is 12.1 Å². The quantitative estimate of drug-likeness (QED) is 0.345. The topological polar surface area (TPSA) is 130 Å². The second-order valence-electron chi connectivity index (χ2n) is 8.48. The highest BCUT2D eigenvalue weighted by Crippen LogP contribution is 2.25. The monoisotopic (exact) mass is 465 g/mol. The van der Waals surface area contributed by atoms with Crippen molar-refractivity contribution in [2.75, 3.05) is 6.54 Å². The minimum absolute atomic E-state index is 0.0292. The van der Waals surface area contributed by atoms with Crippen molar-refractivity contribution >= 4 is 23.6 Å². The first kappa shape index (κ1) is 25.1. The SMILES string of the molecule is NCCCC[C@H](NC(=O)[C@@H]1Cc2ccccc2CN1C(=O)CCC(=O)c1ccccc1)C(=O)O. The number of rotatable bonds is 11. The van der Waals surface area contributed by atoms with Gasteiger partial charge in [-0.15, -0.1) is 0 Å². The van der Waals surface area contributed by atoms with E-state index in [0.29, 0.717) is 24.9 Å². The molecule has 0 aromatic heterocycles. The van der Waals surface area contributed by atoms with Crippen molar-refractivity contribution < 1.29 is 24.3 Å². The molecule has 0 unspecified atom stereocenters. The fourth-order valence-corrected chi connectivity index (χ4v) is 4.17. The van der Waals surface area contributed by atoms with E-state index in [-0.39, 0.29) is 43.9 Å². The Morgan fingerprint density at radius 1 is 0.971 bits per heavy atom. The van der Waals surface area contributed by atoms with E-state index in [1.807, 2.05) is 30.3 Å². The zero-order valence-corrected chi connectivity index (χ0v) is 19.1. The number of ketones is 1. The third-order valence-electron chi connectivity index (χ3n) is 6.09. The van der Waals surface area contributed by atoms with Crippen molar-refractivity contribution in [2.45, 2.75) is 57.2 Å². The molecule has 1 aliphatic rings. The maximum atomic E-state index is 13.2. The Balaban J connectivity index is 1.73. The number of carbonyl (C=O) groups excluding carboxylic acids is 3. The van der Waals surface area contributed by atoms with Crippen molar-refractivity contribution in [2.24, 2.45) is 5.73 Å². The summed E-state index contributed by atoms with van der Waals surface area (Å²) in [7, 11) is 0. The second-order valence-corrected chi connectivity index (χ2v) is 8.48. The van der Waals surface area contributed by atoms with E-state index in [0.717, 1.165) is 11.1 Å². The van der Waals surface area contributed by atoms with Crippen LogP contribution in [0.1, 0.15) is 53.6 Å². The molecule has 0 aliphatic carbocycles. The fourth-order valence-electron chi connectivity index (χ4n) is 4.17. The lowest BCUT2D eigenvalue weighted by molar-refractivity contribution is -0.145. The predicted molar refractivity (Wildman–Crippen MR) is 127 cm³/mol. The molecule has 0 saturated heterocycles. The van der Waals surface area contributed by atoms with Crippen molar-refractivity contribution in [1.82, 2.24) is 10.2 Å². The minimum Gasteiger partial charge on any atom is -0.480 e. The molecule has 2 atom stereocenters. The average Bonchev–Trinajstić information content (AvgIpc) is 2.86. The van der Waals surface area contributed by atoms with Gasteiger partial charge in [0.05, 0.1) is 0 Å². The highest BCUT2D eigenvalue weighted by atomic mass is 16.4. The Bertz CT molecular complexity index is 1020. The van der Waals surface area contributed by atoms with Gasteiger partial charge in [-0.3, -0.25) is 14.4 Å². The molecule has 2 aromatic carbocycles. The Hall–Kier alpha value is -3.52. The first-order valence-corrected chi connectivity index (χ1v) is 11.6. The van der Waals surface area contributed by atoms with Gasteiger partial charge in [-0.25, -0.2) is 4.79 Å². The zero-order chi connectivity index (χ0) is 24.5. The Labute approximate surface area is 199 Å². The molecule has 180 valence electrons. The summed E-state index contributed by atoms with van der Waals surface area (Å²) < 4.78 is 0. The van der Waals surface area contributed by atoms with Crippen LogP contribution in [-0.4, -0.2) is 52.2 Å². The van der Waals surface area contributed by atoms with Gasteiger partial charge in [0.25, 0.3) is 0 Å². The van der Waals surface area contributed by atoms with E-state index in [1.54, 1.807) is 24.3 Å². The van der Waals surface area contributed by atoms with Gasteiger partial charge in [0, 0.05) is 31.4 Å². The van der Waals surface area contributed by atoms with Crippen LogP contribution in [0.2, 0.25) is 0 Å². The Morgan fingerprint density at radius 3 is 2.32 bits per heavy atom. The smallest absolute Gasteiger partial charge is 0.326 e. The lowest BCUT2D eigenvalue weighted by Gasteiger charge is -2.36. The molecule has 1 aliphatic heterocycles. The Kier molecular flexibility index (Phi) is 8.93. The number of amides is 2. The van der Waals surface area contributed by atoms with Crippen LogP contribution in [0, 0.1) is 0 Å². The normalized spacial score (nSPS) is 15.8. The fraction of sp³-hybridized carbons (Fsp3) is 0.385. The number of nitrogens with zero attached hydrogens (tertiary/aromatic N) is 1. The number of benzene rings is 2. The van der Waals surface area contributed by atoms with Crippen molar-refractivity contribution in [3.63, 3.8) is 0 Å². The lowest BCUT2D eigenvalue weighted by Crippen LogP contribution is -2.55. The van der Waals surface area contributed by atoms with E-state index >= 15 is 0 Å². The molecule has 0 spiro atoms. The second kappa shape index (κ2) is 12.1. The van der Waals surface area contributed by atoms with Gasteiger partial charge in [-0.2, -0.15) is 0 Å². The average molecular weight is 466 g/mol. The number of aliphatic carboxylic acids is 1. The molecule has 4 N–H and O–H groups in total. The molecule has 8 heteroatoms. The number of fused-ring (bicyclic) bond motifs is 1. The third kappa shape index (κ3) is 6.51. The predicted octanol–water partition coefficient (Wildman–Crippen LogP) is 2.30. The van der Waals surface area contributed by atoms with Crippen molar-refractivity contribution in [3.8, 4) is 0 Å². The number of unbranched alkanes of at least 4 members (excludes halogenated alkanes) is 1. The summed E-state index contributed by atoms with van der Waals surface area (Å²) in [5.74, 6) is -2.07. The van der Waals surface area contributed by atoms with Gasteiger partial charge in [0.15, 0.2) is 5.78 Å². The standard InChI is InChI=1S/C26H31N3O5/c27-15-7-6-12-21(26(33)34)28-25(32)22-16-19-10-4-5-11-20(19)17-29(22)24(31)14-13-23(30)18-8-2-1-3-9-18/h1-5,8-11,21-22H,6-7,12-17,27H2,(H,28,32)(H,33,34)/t21-,22-/m0/s1. The number of hydrogen-bond acceptors (Lipinski definition) is 5. The minimum atomic E-state index is -1.12. The third-order valence-corrected chi connectivity index (χ3v) is 6.09. The van der Waals surface area contributed by atoms with Gasteiger partial charge in [0.2, 0.25) is 11.8 Å². The van der Waals surface area contributed by atoms with Gasteiger partial charge in [-0.1, -0.05) is 54.6 Å². The highest BCUT2D eigenvalue weighted by molar-refractivity contribution is 5.98. The number of carboxylic acid groups (broad SMARTS) is 1. The summed E-state index contributed by atoms with van der Waals surface area (Å²) in [5, 5.41) is 12.2. The van der Waals surface area contributed by atoms with E-state index < -0.39 is 24.0 Å². The van der Waals surface area contributed by atoms with Crippen LogP contribution in [0.4, 0.5) is 0 Å². The maximum absolute atomic E-state index is 13.2. The van der Waals surface area contributed by atoms with Crippen molar-refractivity contribution in [1.29, 1.82) is 0 Å². The van der Waals surface area contributed by atoms with Crippen LogP contribution >= 0.6 is 0 Å². The number of nitrogens with one attached hydrogen (secondary N) is 1. The van der Waals surface area contributed by atoms with Crippen LogP contribution in [0.3, 0.4) is 0 Å². The van der Waals surface area contributed by atoms with Gasteiger partial charge in [-0.05, 0) is 36.9 Å². The first-order chi connectivity index (χ1) is 16.4. The lowest BCUT2D eigenvalue weighted by atomic mass is 9.92. The van der Waals surface area contributed by atoms with E-state index in [2.05, 4.69) is 5.32 Å². The molecule has 8 nitrogen and oxygen atoms in total. The van der Waals surface area contributed by atoms with E-state index in [9.17, 15) is 24.3 Å². The Morgan fingerprint density at radius 2 is 1.65 bits per heavy atom. The molecule has 3 rings (SSSR count). The molecule has 1 heterocycles. The number of carbonyl (C=O) groups is 4. The molecule has 0 bridgehead atoms. The van der Waals surface area contributed by atoms with Crippen molar-refractivity contribution in [3.05, 3.63) is 71.3 Å². The summed E-state index contributed by atoms with van der Waals surface area (Å²) >= 11 is 0. The van der Waals surface area contributed by atoms with Gasteiger partial charge < -0.3 is 21.1 Å². The molecule has 2 aromatic rings. The van der Waals surface area contributed by atoms with Crippen LogP contribution in [0.15, 0.2) is 54.6 Å². The molecular formula is C26H31N3O5. The molecule has 0 fully saturated rings. The van der Waals surface area contributed by atoms with E-state index in [1.165, 1.54) is 4.90 Å². The largest absolute Gasteiger partial charge is 0.480 e. The van der Waals surface area contributed by atoms with Crippen LogP contribution in [-0.2, 0) is 27.3 Å². The van der Waals surface area contributed by atoms with E-state index in [4.69, 9.17) is 5.73 Å². The maximum Gasteiger partial charge on any atom is 0.326 e. The van der Waals surface area contributed by atoms with Crippen LogP contribution in [0.25, 0.3) is 0 Å². The number of Topliss-reactive ketones (excluding diaryl/α,β-unsaturated/α-hetero) is 1. The summed E-state index contributed by atoms with van der Waals surface area (Å²) in [6.45, 7) is 0.682. The number of hydrogen-bond donors (Lipinski definition) is 3. The highest BCUT2D eigenvalue weighted by Gasteiger charge is 2.36. The summed E-state index contributed by atoms with van der Waals surface area (Å²) in [5.41, 5.74) is 7.91. The first-order valence-electron chi connectivity index (χ1n) is 11.6. The van der Waals surface area contributed by atoms with Gasteiger partial charge >= 0.3 is 5.97 Å². The number of nitrogens with two attached hydrogens (primary N) is 1. The summed E-state index contributed by atoms with van der Waals surface area (Å²) in [4.78, 5) is 51.9. The molecule has 2 amide bonds. The molecule has 0 saturated carbocycles. The molecular weight excluding hydrogens is 434 g/mol. The van der Waals surface area contributed by atoms with Crippen LogP contribution in [0.5, 0.6) is 0 Å². The molecule has 0 radical (unpaired) electrons. The summed E-state index contributed by atoms with van der Waals surface area (Å²) in [6, 6.07) is 14.4. The zero-order valence-electron chi connectivity index (χ0n) is 19.1. The number of carboxylic acids is 1. The molecule has 34 heavy (non-hydrogen) atoms. The summed E-state index contributed by atoms with van der Waals surface area (Å²) in [6.07, 6.45) is 1.79. The van der Waals surface area contributed by atoms with Crippen LogP contribution < -0.4 is 11.1 Å².